The highest BCUT2D eigenvalue weighted by molar-refractivity contribution is 5.90. The highest BCUT2D eigenvalue weighted by Crippen LogP contribution is 2.22. The zero-order valence-electron chi connectivity index (χ0n) is 10.4. The van der Waals surface area contributed by atoms with Crippen molar-refractivity contribution in [3.05, 3.63) is 35.9 Å². The molecule has 102 valence electrons. The summed E-state index contributed by atoms with van der Waals surface area (Å²) in [5.41, 5.74) is 11.8. The van der Waals surface area contributed by atoms with Crippen LogP contribution in [0.5, 0.6) is 0 Å². The molecule has 1 aliphatic rings. The molecule has 2 rings (SSSR count). The summed E-state index contributed by atoms with van der Waals surface area (Å²) in [6, 6.07) is 7.25. The van der Waals surface area contributed by atoms with Crippen LogP contribution < -0.4 is 11.5 Å². The first kappa shape index (κ1) is 13.5. The highest BCUT2D eigenvalue weighted by Gasteiger charge is 2.39. The SMILES string of the molecule is NC(=O)C1CC(O)CN1C(=O)[C@H](N)c1ccccc1. The lowest BCUT2D eigenvalue weighted by molar-refractivity contribution is -0.138. The van der Waals surface area contributed by atoms with E-state index in [1.54, 1.807) is 24.3 Å². The molecule has 1 saturated heterocycles. The molecule has 1 heterocycles. The Hall–Kier alpha value is -1.92. The molecule has 0 aromatic heterocycles. The summed E-state index contributed by atoms with van der Waals surface area (Å²) in [5.74, 6) is -1.02. The van der Waals surface area contributed by atoms with Crippen LogP contribution in [0.2, 0.25) is 0 Å². The Bertz CT molecular complexity index is 477. The van der Waals surface area contributed by atoms with E-state index in [0.29, 0.717) is 5.56 Å². The molecule has 2 amide bonds. The molecule has 6 nitrogen and oxygen atoms in total. The van der Waals surface area contributed by atoms with Gasteiger partial charge >= 0.3 is 0 Å². The van der Waals surface area contributed by atoms with Gasteiger partial charge in [-0.15, -0.1) is 0 Å². The molecule has 19 heavy (non-hydrogen) atoms. The number of rotatable bonds is 3. The second-order valence-electron chi connectivity index (χ2n) is 4.69. The van der Waals surface area contributed by atoms with Crippen LogP contribution in [-0.2, 0) is 9.59 Å². The molecule has 5 N–H and O–H groups in total. The van der Waals surface area contributed by atoms with E-state index in [4.69, 9.17) is 11.5 Å². The van der Waals surface area contributed by atoms with Gasteiger partial charge < -0.3 is 21.5 Å². The first-order chi connectivity index (χ1) is 9.00. The molecule has 2 unspecified atom stereocenters. The predicted octanol–water partition coefficient (Wildman–Crippen LogP) is -0.866. The second kappa shape index (κ2) is 5.38. The van der Waals surface area contributed by atoms with Crippen molar-refractivity contribution < 1.29 is 14.7 Å². The molecule has 3 atom stereocenters. The topological polar surface area (TPSA) is 110 Å². The maximum Gasteiger partial charge on any atom is 0.244 e. The van der Waals surface area contributed by atoms with Gasteiger partial charge in [-0.2, -0.15) is 0 Å². The average molecular weight is 263 g/mol. The van der Waals surface area contributed by atoms with Gasteiger partial charge in [-0.1, -0.05) is 30.3 Å². The third-order valence-corrected chi connectivity index (χ3v) is 3.32. The Labute approximate surface area is 111 Å². The third kappa shape index (κ3) is 2.74. The van der Waals surface area contributed by atoms with Gasteiger partial charge in [0.05, 0.1) is 6.10 Å². The fourth-order valence-corrected chi connectivity index (χ4v) is 2.31. The molecule has 1 aromatic rings. The summed E-state index contributed by atoms with van der Waals surface area (Å²) in [7, 11) is 0. The summed E-state index contributed by atoms with van der Waals surface area (Å²) < 4.78 is 0. The van der Waals surface area contributed by atoms with Gasteiger partial charge in [0.15, 0.2) is 0 Å². The molecule has 0 spiro atoms. The van der Waals surface area contributed by atoms with Crippen molar-refractivity contribution >= 4 is 11.8 Å². The number of nitrogens with two attached hydrogens (primary N) is 2. The van der Waals surface area contributed by atoms with Crippen LogP contribution in [0.25, 0.3) is 0 Å². The number of aliphatic hydroxyl groups excluding tert-OH is 1. The minimum atomic E-state index is -0.853. The summed E-state index contributed by atoms with van der Waals surface area (Å²) >= 11 is 0. The van der Waals surface area contributed by atoms with Gasteiger partial charge in [0.25, 0.3) is 0 Å². The van der Waals surface area contributed by atoms with Crippen LogP contribution in [-0.4, -0.2) is 40.5 Å². The van der Waals surface area contributed by atoms with Crippen molar-refractivity contribution in [3.8, 4) is 0 Å². The number of primary amides is 1. The second-order valence-corrected chi connectivity index (χ2v) is 4.69. The van der Waals surface area contributed by atoms with E-state index in [-0.39, 0.29) is 13.0 Å². The Morgan fingerprint density at radius 2 is 1.95 bits per heavy atom. The number of nitrogens with zero attached hydrogens (tertiary/aromatic N) is 1. The molecule has 0 aliphatic carbocycles. The van der Waals surface area contributed by atoms with Gasteiger partial charge in [-0.05, 0) is 5.56 Å². The molecule has 6 heteroatoms. The van der Waals surface area contributed by atoms with Crippen molar-refractivity contribution in [1.29, 1.82) is 0 Å². The maximum atomic E-state index is 12.3. The standard InChI is InChI=1S/C13H17N3O3/c14-11(8-4-2-1-3-5-8)13(19)16-7-9(17)6-10(16)12(15)18/h1-5,9-11,17H,6-7,14H2,(H2,15,18)/t9?,10?,11-/m1/s1. The fraction of sp³-hybridized carbons (Fsp3) is 0.385. The van der Waals surface area contributed by atoms with E-state index in [1.165, 1.54) is 4.90 Å². The Morgan fingerprint density at radius 3 is 2.53 bits per heavy atom. The maximum absolute atomic E-state index is 12.3. The van der Waals surface area contributed by atoms with Gasteiger partial charge in [0.2, 0.25) is 11.8 Å². The van der Waals surface area contributed by atoms with E-state index in [0.717, 1.165) is 0 Å². The zero-order valence-corrected chi connectivity index (χ0v) is 10.4. The van der Waals surface area contributed by atoms with Crippen LogP contribution in [0.1, 0.15) is 18.0 Å². The van der Waals surface area contributed by atoms with E-state index < -0.39 is 30.0 Å². The van der Waals surface area contributed by atoms with Crippen LogP contribution in [0.15, 0.2) is 30.3 Å². The quantitative estimate of drug-likeness (QED) is 0.658. The molecular weight excluding hydrogens is 246 g/mol. The lowest BCUT2D eigenvalue weighted by atomic mass is 10.1. The highest BCUT2D eigenvalue weighted by atomic mass is 16.3. The van der Waals surface area contributed by atoms with Crippen LogP contribution >= 0.6 is 0 Å². The number of aliphatic hydroxyl groups is 1. The van der Waals surface area contributed by atoms with E-state index in [2.05, 4.69) is 0 Å². The van der Waals surface area contributed by atoms with Crippen molar-refractivity contribution in [2.75, 3.05) is 6.54 Å². The van der Waals surface area contributed by atoms with Crippen molar-refractivity contribution in [3.63, 3.8) is 0 Å². The van der Waals surface area contributed by atoms with E-state index in [1.807, 2.05) is 6.07 Å². The van der Waals surface area contributed by atoms with Crippen LogP contribution in [0.4, 0.5) is 0 Å². The molecule has 1 aromatic carbocycles. The number of benzene rings is 1. The predicted molar refractivity (Wildman–Crippen MR) is 68.7 cm³/mol. The van der Waals surface area contributed by atoms with E-state index >= 15 is 0 Å². The fourth-order valence-electron chi connectivity index (χ4n) is 2.31. The lowest BCUT2D eigenvalue weighted by Crippen LogP contribution is -2.47. The van der Waals surface area contributed by atoms with Gasteiger partial charge in [-0.3, -0.25) is 9.59 Å². The Morgan fingerprint density at radius 1 is 1.32 bits per heavy atom. The summed E-state index contributed by atoms with van der Waals surface area (Å²) in [4.78, 5) is 24.9. The number of carbonyl (C=O) groups excluding carboxylic acids is 2. The molecular formula is C13H17N3O3. The number of hydrogen-bond acceptors (Lipinski definition) is 4. The van der Waals surface area contributed by atoms with Gasteiger partial charge in [-0.25, -0.2) is 0 Å². The number of carbonyl (C=O) groups is 2. The summed E-state index contributed by atoms with van der Waals surface area (Å²) in [6.07, 6.45) is -0.563. The molecule has 0 bridgehead atoms. The zero-order chi connectivity index (χ0) is 14.0. The van der Waals surface area contributed by atoms with Crippen molar-refractivity contribution in [2.24, 2.45) is 11.5 Å². The van der Waals surface area contributed by atoms with Gasteiger partial charge in [0.1, 0.15) is 12.1 Å². The third-order valence-electron chi connectivity index (χ3n) is 3.32. The molecule has 1 fully saturated rings. The number of β-amino-alcohol motifs (C(OH)–C–C–N with tert-alkyl or cyclic N) is 1. The van der Waals surface area contributed by atoms with Crippen molar-refractivity contribution in [1.82, 2.24) is 4.90 Å². The average Bonchev–Trinajstić information content (AvgIpc) is 2.80. The first-order valence-corrected chi connectivity index (χ1v) is 6.09. The van der Waals surface area contributed by atoms with Crippen molar-refractivity contribution in [2.45, 2.75) is 24.6 Å². The number of likely N-dealkylation sites (tertiary alicyclic amines) is 1. The molecule has 0 saturated carbocycles. The molecule has 0 radical (unpaired) electrons. The first-order valence-electron chi connectivity index (χ1n) is 6.09. The largest absolute Gasteiger partial charge is 0.391 e. The minimum absolute atomic E-state index is 0.0903. The number of amides is 2. The Balaban J connectivity index is 2.17. The van der Waals surface area contributed by atoms with E-state index in [9.17, 15) is 14.7 Å². The monoisotopic (exact) mass is 263 g/mol. The lowest BCUT2D eigenvalue weighted by Gasteiger charge is -2.25. The molecule has 1 aliphatic heterocycles. The normalized spacial score (nSPS) is 24.2. The summed E-state index contributed by atoms with van der Waals surface area (Å²) in [5, 5.41) is 9.58. The minimum Gasteiger partial charge on any atom is -0.391 e. The Kier molecular flexibility index (Phi) is 3.82. The van der Waals surface area contributed by atoms with Crippen LogP contribution in [0.3, 0.4) is 0 Å². The van der Waals surface area contributed by atoms with Crippen LogP contribution in [0, 0.1) is 0 Å². The smallest absolute Gasteiger partial charge is 0.244 e. The van der Waals surface area contributed by atoms with Gasteiger partial charge in [0, 0.05) is 13.0 Å². The summed E-state index contributed by atoms with van der Waals surface area (Å²) in [6.45, 7) is 0.0903. The number of hydrogen-bond donors (Lipinski definition) is 3.